The quantitative estimate of drug-likeness (QED) is 0.552. The van der Waals surface area contributed by atoms with E-state index in [1.165, 1.54) is 6.08 Å². The van der Waals surface area contributed by atoms with E-state index >= 15 is 0 Å². The highest BCUT2D eigenvalue weighted by Gasteiger charge is 1.61. The van der Waals surface area contributed by atoms with Crippen LogP contribution in [0.15, 0.2) is 66.8 Å². The van der Waals surface area contributed by atoms with Crippen LogP contribution < -0.4 is 0 Å². The van der Waals surface area contributed by atoms with Gasteiger partial charge >= 0.3 is 0 Å². The molecule has 13 heavy (non-hydrogen) atoms. The van der Waals surface area contributed by atoms with Gasteiger partial charge in [0.05, 0.1) is 0 Å². The predicted molar refractivity (Wildman–Crippen MR) is 60.2 cm³/mol. The number of allylic oxidation sites excluding steroid dienone is 11. The summed E-state index contributed by atoms with van der Waals surface area (Å²) < 4.78 is 0. The second kappa shape index (κ2) is 10.4. The van der Waals surface area contributed by atoms with Crippen LogP contribution >= 0.6 is 0 Å². The summed E-state index contributed by atoms with van der Waals surface area (Å²) in [7, 11) is 0. The van der Waals surface area contributed by atoms with Crippen LogP contribution in [0.2, 0.25) is 0 Å². The van der Waals surface area contributed by atoms with E-state index in [-0.39, 0.29) is 0 Å². The largest absolute Gasteiger partial charge is 0.0877 e. The molecule has 0 heteroatoms. The molecule has 0 spiro atoms. The fourth-order valence-corrected chi connectivity index (χ4v) is 0.624. The molecule has 0 saturated heterocycles. The van der Waals surface area contributed by atoms with Gasteiger partial charge in [-0.05, 0) is 6.92 Å². The van der Waals surface area contributed by atoms with Gasteiger partial charge in [0.15, 0.2) is 0 Å². The topological polar surface area (TPSA) is 0 Å². The molecule has 0 aliphatic carbocycles. The van der Waals surface area contributed by atoms with E-state index in [2.05, 4.69) is 0 Å². The normalized spacial score (nSPS) is 13.3. The van der Waals surface area contributed by atoms with Crippen LogP contribution in [0.4, 0.5) is 0 Å². The Labute approximate surface area is 81.0 Å². The minimum Gasteiger partial charge on any atom is -0.0877 e. The van der Waals surface area contributed by atoms with Crippen molar-refractivity contribution in [2.45, 2.75) is 6.92 Å². The Kier molecular flexibility index (Phi) is 9.19. The Hall–Kier alpha value is -1.56. The van der Waals surface area contributed by atoms with Crippen molar-refractivity contribution in [2.75, 3.05) is 0 Å². The molecule has 0 N–H and O–H groups in total. The Bertz CT molecular complexity index is 247. The molecule has 1 radical (unpaired) electrons. The van der Waals surface area contributed by atoms with Gasteiger partial charge in [0.2, 0.25) is 0 Å². The molecule has 0 rings (SSSR count). The summed E-state index contributed by atoms with van der Waals surface area (Å²) in [6.07, 6.45) is 20.9. The molecule has 0 fully saturated rings. The highest BCUT2D eigenvalue weighted by molar-refractivity contribution is 5.18. The van der Waals surface area contributed by atoms with E-state index in [0.717, 1.165) is 0 Å². The first-order chi connectivity index (χ1) is 6.41. The number of hydrogen-bond donors (Lipinski definition) is 0. The first-order valence-electron chi connectivity index (χ1n) is 4.24. The van der Waals surface area contributed by atoms with Crippen molar-refractivity contribution in [3.8, 4) is 0 Å². The predicted octanol–water partition coefficient (Wildman–Crippen LogP) is 3.78. The minimum absolute atomic E-state index is 1.50. The third-order valence-corrected chi connectivity index (χ3v) is 1.19. The van der Waals surface area contributed by atoms with Crippen LogP contribution in [0.1, 0.15) is 6.92 Å². The van der Waals surface area contributed by atoms with Gasteiger partial charge in [-0.3, -0.25) is 0 Å². The van der Waals surface area contributed by atoms with Crippen molar-refractivity contribution >= 4 is 0 Å². The molecule has 0 saturated carbocycles. The number of hydrogen-bond acceptors (Lipinski definition) is 0. The van der Waals surface area contributed by atoms with E-state index in [1.807, 2.05) is 61.6 Å². The van der Waals surface area contributed by atoms with Gasteiger partial charge in [0.1, 0.15) is 0 Å². The van der Waals surface area contributed by atoms with E-state index in [0.29, 0.717) is 0 Å². The minimum atomic E-state index is 1.50. The van der Waals surface area contributed by atoms with Gasteiger partial charge in [-0.1, -0.05) is 73.4 Å². The molecule has 0 amide bonds. The summed E-state index contributed by atoms with van der Waals surface area (Å²) in [6.45, 7) is 7.13. The van der Waals surface area contributed by atoms with Crippen molar-refractivity contribution < 1.29 is 0 Å². The molecular weight excluding hydrogens is 156 g/mol. The Morgan fingerprint density at radius 3 is 1.38 bits per heavy atom. The molecule has 0 nitrogen and oxygen atoms in total. The lowest BCUT2D eigenvalue weighted by atomic mass is 10.3. The van der Waals surface area contributed by atoms with Gasteiger partial charge in [0, 0.05) is 0 Å². The molecule has 0 aliphatic rings. The van der Waals surface area contributed by atoms with Crippen molar-refractivity contribution in [3.63, 3.8) is 0 Å². The fraction of sp³-hybridized carbons (Fsp3) is 0.0769. The Balaban J connectivity index is 3.68. The van der Waals surface area contributed by atoms with Crippen LogP contribution in [0.5, 0.6) is 0 Å². The molecule has 0 aromatic rings. The SMILES string of the molecule is [CH]=C/C=C/C=C/C=C/C=C/C=C/C. The smallest absolute Gasteiger partial charge is 0.0467 e. The van der Waals surface area contributed by atoms with E-state index in [1.54, 1.807) is 6.08 Å². The standard InChI is InChI=1S/C13H15/c1-3-5-7-9-11-13-12-10-8-6-4-2/h1,3-13H,2H3/b3-1?,6-4+,7-5+,10-8+,11-9+,13-12+. The van der Waals surface area contributed by atoms with Gasteiger partial charge in [-0.15, -0.1) is 0 Å². The van der Waals surface area contributed by atoms with E-state index < -0.39 is 0 Å². The average molecular weight is 171 g/mol. The third kappa shape index (κ3) is 10.4. The first kappa shape index (κ1) is 11.4. The monoisotopic (exact) mass is 171 g/mol. The van der Waals surface area contributed by atoms with Gasteiger partial charge < -0.3 is 0 Å². The van der Waals surface area contributed by atoms with Gasteiger partial charge in [-0.2, -0.15) is 0 Å². The first-order valence-corrected chi connectivity index (χ1v) is 4.24. The molecular formula is C13H15. The Morgan fingerprint density at radius 2 is 1.00 bits per heavy atom. The Morgan fingerprint density at radius 1 is 0.615 bits per heavy atom. The molecule has 0 aliphatic heterocycles. The van der Waals surface area contributed by atoms with Crippen LogP contribution in [-0.4, -0.2) is 0 Å². The van der Waals surface area contributed by atoms with Crippen molar-refractivity contribution in [3.05, 3.63) is 73.4 Å². The summed E-state index contributed by atoms with van der Waals surface area (Å²) in [5, 5.41) is 0. The lowest BCUT2D eigenvalue weighted by Gasteiger charge is -1.73. The van der Waals surface area contributed by atoms with Crippen molar-refractivity contribution in [2.24, 2.45) is 0 Å². The maximum atomic E-state index is 5.14. The van der Waals surface area contributed by atoms with E-state index in [9.17, 15) is 0 Å². The lowest BCUT2D eigenvalue weighted by molar-refractivity contribution is 1.73. The van der Waals surface area contributed by atoms with Gasteiger partial charge in [-0.25, -0.2) is 0 Å². The molecule has 0 aromatic carbocycles. The van der Waals surface area contributed by atoms with Crippen LogP contribution in [0.3, 0.4) is 0 Å². The highest BCUT2D eigenvalue weighted by Crippen LogP contribution is 1.83. The highest BCUT2D eigenvalue weighted by atomic mass is 13.7. The zero-order chi connectivity index (χ0) is 9.78. The van der Waals surface area contributed by atoms with Crippen molar-refractivity contribution in [1.29, 1.82) is 0 Å². The van der Waals surface area contributed by atoms with Crippen molar-refractivity contribution in [1.82, 2.24) is 0 Å². The zero-order valence-electron chi connectivity index (χ0n) is 7.93. The maximum Gasteiger partial charge on any atom is -0.0467 e. The van der Waals surface area contributed by atoms with Crippen LogP contribution in [0, 0.1) is 6.58 Å². The summed E-state index contributed by atoms with van der Waals surface area (Å²) in [5.41, 5.74) is 0. The molecule has 0 unspecified atom stereocenters. The van der Waals surface area contributed by atoms with Gasteiger partial charge in [0.25, 0.3) is 0 Å². The lowest BCUT2D eigenvalue weighted by Crippen LogP contribution is -1.51. The zero-order valence-corrected chi connectivity index (χ0v) is 7.93. The maximum absolute atomic E-state index is 5.14. The summed E-state index contributed by atoms with van der Waals surface area (Å²) in [6, 6.07) is 0. The van der Waals surface area contributed by atoms with E-state index in [4.69, 9.17) is 6.58 Å². The number of rotatable bonds is 5. The second-order valence-electron chi connectivity index (χ2n) is 2.26. The molecule has 0 heterocycles. The molecule has 0 atom stereocenters. The summed E-state index contributed by atoms with van der Waals surface area (Å²) in [5.74, 6) is 0. The van der Waals surface area contributed by atoms with Crippen LogP contribution in [0.25, 0.3) is 0 Å². The third-order valence-electron chi connectivity index (χ3n) is 1.19. The second-order valence-corrected chi connectivity index (χ2v) is 2.26. The summed E-state index contributed by atoms with van der Waals surface area (Å²) >= 11 is 0. The summed E-state index contributed by atoms with van der Waals surface area (Å²) in [4.78, 5) is 0. The molecule has 67 valence electrons. The average Bonchev–Trinajstić information content (AvgIpc) is 2.16. The van der Waals surface area contributed by atoms with Crippen LogP contribution in [-0.2, 0) is 0 Å². The molecule has 0 bridgehead atoms. The fourth-order valence-electron chi connectivity index (χ4n) is 0.624. The molecule has 0 aromatic heterocycles.